The minimum absolute atomic E-state index is 0.0704. The predicted molar refractivity (Wildman–Crippen MR) is 108 cm³/mol. The fraction of sp³-hybridized carbons (Fsp3) is 0.286. The normalized spacial score (nSPS) is 16.0. The Morgan fingerprint density at radius 3 is 2.74 bits per heavy atom. The van der Waals surface area contributed by atoms with Gasteiger partial charge in [-0.15, -0.1) is 0 Å². The van der Waals surface area contributed by atoms with Crippen LogP contribution in [0.3, 0.4) is 0 Å². The smallest absolute Gasteiger partial charge is 0.192 e. The molecule has 0 spiro atoms. The van der Waals surface area contributed by atoms with Crippen molar-refractivity contribution >= 4 is 23.4 Å². The average Bonchev–Trinajstić information content (AvgIpc) is 2.56. The summed E-state index contributed by atoms with van der Waals surface area (Å²) in [4.78, 5) is 6.71. The number of hydrogen-bond acceptors (Lipinski definition) is 5. The molecule has 1 saturated heterocycles. The maximum Gasteiger partial charge on any atom is 0.192 e. The quantitative estimate of drug-likeness (QED) is 0.470. The first kappa shape index (κ1) is 17.3. The molecule has 0 aliphatic carbocycles. The molecule has 1 aromatic heterocycles. The predicted octanol–water partition coefficient (Wildman–Crippen LogP) is 2.67. The van der Waals surface area contributed by atoms with Crippen LogP contribution in [0.15, 0.2) is 48.8 Å². The summed E-state index contributed by atoms with van der Waals surface area (Å²) in [5.41, 5.74) is 8.55. The third kappa shape index (κ3) is 3.43. The third-order valence-corrected chi connectivity index (χ3v) is 4.82. The topological polar surface area (TPSA) is 78.2 Å². The summed E-state index contributed by atoms with van der Waals surface area (Å²) in [6, 6.07) is 9.80. The van der Waals surface area contributed by atoms with Gasteiger partial charge in [-0.25, -0.2) is 4.98 Å². The van der Waals surface area contributed by atoms with Gasteiger partial charge >= 0.3 is 0 Å². The number of nitrogen functional groups attached to an aromatic ring is 1. The van der Waals surface area contributed by atoms with Crippen LogP contribution in [0.4, 0.5) is 11.5 Å². The van der Waals surface area contributed by atoms with Crippen LogP contribution in [0.5, 0.6) is 5.75 Å². The van der Waals surface area contributed by atoms with Crippen molar-refractivity contribution in [2.24, 2.45) is 0 Å². The number of allylic oxidation sites excluding steroid dienone is 1. The molecule has 0 unspecified atom stereocenters. The van der Waals surface area contributed by atoms with Gasteiger partial charge in [-0.05, 0) is 44.2 Å². The molecular weight excluding hydrogens is 338 g/mol. The fourth-order valence-electron chi connectivity index (χ4n) is 3.26. The Labute approximate surface area is 159 Å². The van der Waals surface area contributed by atoms with Gasteiger partial charge in [-0.3, -0.25) is 5.41 Å². The number of nitrogens with two attached hydrogens (primary N) is 1. The number of hydrogen-bond donors (Lipinski definition) is 2. The van der Waals surface area contributed by atoms with Gasteiger partial charge in [-0.2, -0.15) is 4.58 Å². The molecule has 2 aromatic rings. The van der Waals surface area contributed by atoms with Gasteiger partial charge < -0.3 is 15.4 Å². The van der Waals surface area contributed by atoms with Crippen LogP contribution in [-0.4, -0.2) is 46.7 Å². The minimum Gasteiger partial charge on any atom is -0.491 e. The van der Waals surface area contributed by atoms with Gasteiger partial charge in [0.25, 0.3) is 0 Å². The Morgan fingerprint density at radius 1 is 1.30 bits per heavy atom. The molecule has 1 fully saturated rings. The van der Waals surface area contributed by atoms with E-state index in [2.05, 4.69) is 26.9 Å². The summed E-state index contributed by atoms with van der Waals surface area (Å²) in [7, 11) is 0. The van der Waals surface area contributed by atoms with Crippen molar-refractivity contribution in [2.45, 2.75) is 26.0 Å². The lowest BCUT2D eigenvalue weighted by Crippen LogP contribution is -2.56. The molecule has 3 heterocycles. The molecule has 138 valence electrons. The Hall–Kier alpha value is -3.15. The summed E-state index contributed by atoms with van der Waals surface area (Å²) >= 11 is 0. The lowest BCUT2D eigenvalue weighted by molar-refractivity contribution is -0.507. The summed E-state index contributed by atoms with van der Waals surface area (Å²) in [6.07, 6.45) is 8.06. The first-order chi connectivity index (χ1) is 13.0. The monoisotopic (exact) mass is 362 g/mol. The number of anilines is 2. The SMILES string of the molecule is CC(C)Oc1ccc(N)c(C(=N)c2ccnc(N3CC([N+]4=CC=C4)C3)c2)c1. The Morgan fingerprint density at radius 2 is 2.07 bits per heavy atom. The summed E-state index contributed by atoms with van der Waals surface area (Å²) in [5.74, 6) is 1.61. The molecule has 0 saturated carbocycles. The van der Waals surface area contributed by atoms with Gasteiger partial charge in [0.1, 0.15) is 11.6 Å². The van der Waals surface area contributed by atoms with Crippen molar-refractivity contribution in [3.63, 3.8) is 0 Å². The van der Waals surface area contributed by atoms with Gasteiger partial charge in [0.05, 0.1) is 31.0 Å². The molecule has 4 rings (SSSR count). The Bertz CT molecular complexity index is 941. The molecule has 3 N–H and O–H groups in total. The second-order valence-corrected chi connectivity index (χ2v) is 7.19. The lowest BCUT2D eigenvalue weighted by Gasteiger charge is -2.37. The molecule has 2 aliphatic heterocycles. The van der Waals surface area contributed by atoms with Gasteiger partial charge in [0.15, 0.2) is 18.5 Å². The fourth-order valence-corrected chi connectivity index (χ4v) is 3.26. The molecule has 0 radical (unpaired) electrons. The van der Waals surface area contributed by atoms with E-state index in [9.17, 15) is 0 Å². The van der Waals surface area contributed by atoms with E-state index in [1.54, 1.807) is 12.3 Å². The van der Waals surface area contributed by atoms with E-state index in [1.165, 1.54) is 0 Å². The molecule has 27 heavy (non-hydrogen) atoms. The van der Waals surface area contributed by atoms with Gasteiger partial charge in [0, 0.05) is 23.0 Å². The zero-order chi connectivity index (χ0) is 19.0. The van der Waals surface area contributed by atoms with E-state index in [0.29, 0.717) is 23.0 Å². The number of benzene rings is 1. The molecule has 1 aromatic carbocycles. The summed E-state index contributed by atoms with van der Waals surface area (Å²) in [6.45, 7) is 5.82. The van der Waals surface area contributed by atoms with Crippen molar-refractivity contribution in [3.8, 4) is 5.75 Å². The highest BCUT2D eigenvalue weighted by Crippen LogP contribution is 2.26. The molecule has 0 bridgehead atoms. The lowest BCUT2D eigenvalue weighted by atomic mass is 10.0. The highest BCUT2D eigenvalue weighted by molar-refractivity contribution is 6.14. The molecule has 6 nitrogen and oxygen atoms in total. The molecule has 0 atom stereocenters. The van der Waals surface area contributed by atoms with Crippen molar-refractivity contribution in [1.82, 2.24) is 4.98 Å². The van der Waals surface area contributed by atoms with Gasteiger partial charge in [-0.1, -0.05) is 0 Å². The maximum absolute atomic E-state index is 8.65. The second-order valence-electron chi connectivity index (χ2n) is 7.19. The average molecular weight is 362 g/mol. The number of nitrogens with one attached hydrogen (secondary N) is 1. The Kier molecular flexibility index (Phi) is 4.39. The maximum atomic E-state index is 8.65. The standard InChI is InChI=1S/C21H24N5O/c1-14(2)27-17-4-5-19(22)18(11-17)21(23)15-6-7-24-20(10-15)26-12-16(13-26)25-8-3-9-25/h3-11,14,16,23H,12-13,22H2,1-2H3/q+1. The second kappa shape index (κ2) is 6.87. The van der Waals surface area contributed by atoms with E-state index in [4.69, 9.17) is 15.9 Å². The van der Waals surface area contributed by atoms with Crippen molar-refractivity contribution < 1.29 is 9.31 Å². The number of pyridine rings is 1. The van der Waals surface area contributed by atoms with Crippen LogP contribution >= 0.6 is 0 Å². The first-order valence-electron chi connectivity index (χ1n) is 9.17. The van der Waals surface area contributed by atoms with E-state index in [1.807, 2.05) is 44.2 Å². The highest BCUT2D eigenvalue weighted by atomic mass is 16.5. The minimum atomic E-state index is 0.0704. The number of aromatic nitrogens is 1. The Balaban J connectivity index is 1.53. The zero-order valence-corrected chi connectivity index (χ0v) is 15.6. The van der Waals surface area contributed by atoms with Crippen molar-refractivity contribution in [1.29, 1.82) is 5.41 Å². The largest absolute Gasteiger partial charge is 0.491 e. The zero-order valence-electron chi connectivity index (χ0n) is 15.6. The first-order valence-corrected chi connectivity index (χ1v) is 9.17. The molecule has 2 aliphatic rings. The summed E-state index contributed by atoms with van der Waals surface area (Å²) < 4.78 is 7.97. The van der Waals surface area contributed by atoms with Crippen LogP contribution in [0.2, 0.25) is 0 Å². The van der Waals surface area contributed by atoms with Crippen LogP contribution < -0.4 is 15.4 Å². The number of nitrogens with zero attached hydrogens (tertiary/aromatic N) is 3. The van der Waals surface area contributed by atoms with Crippen LogP contribution in [0, 0.1) is 5.41 Å². The van der Waals surface area contributed by atoms with Crippen LogP contribution in [0.1, 0.15) is 25.0 Å². The van der Waals surface area contributed by atoms with E-state index < -0.39 is 0 Å². The van der Waals surface area contributed by atoms with E-state index >= 15 is 0 Å². The number of ether oxygens (including phenoxy) is 1. The van der Waals surface area contributed by atoms with Gasteiger partial charge in [0.2, 0.25) is 0 Å². The summed E-state index contributed by atoms with van der Waals surface area (Å²) in [5, 5.41) is 8.65. The van der Waals surface area contributed by atoms with E-state index in [-0.39, 0.29) is 6.10 Å². The molecular formula is C21H24N5O+. The number of rotatable bonds is 6. The van der Waals surface area contributed by atoms with Crippen LogP contribution in [0.25, 0.3) is 0 Å². The molecule has 0 amide bonds. The molecule has 6 heteroatoms. The van der Waals surface area contributed by atoms with Crippen molar-refractivity contribution in [2.75, 3.05) is 23.7 Å². The highest BCUT2D eigenvalue weighted by Gasteiger charge is 2.36. The third-order valence-electron chi connectivity index (χ3n) is 4.82. The van der Waals surface area contributed by atoms with Crippen molar-refractivity contribution in [3.05, 3.63) is 59.9 Å². The van der Waals surface area contributed by atoms with E-state index in [0.717, 1.165) is 30.2 Å². The van der Waals surface area contributed by atoms with Crippen LogP contribution in [-0.2, 0) is 0 Å².